The molecule has 6 heteroatoms. The molecule has 1 saturated heterocycles. The molecule has 4 atom stereocenters. The number of halogens is 2. The Hall–Kier alpha value is -1.04. The Kier molecular flexibility index (Phi) is 3.42. The second-order valence-corrected chi connectivity index (χ2v) is 8.37. The summed E-state index contributed by atoms with van der Waals surface area (Å²) in [7, 11) is 3.83. The lowest BCUT2D eigenvalue weighted by atomic mass is 9.53. The van der Waals surface area contributed by atoms with Crippen molar-refractivity contribution in [2.24, 2.45) is 0 Å². The summed E-state index contributed by atoms with van der Waals surface area (Å²) in [6.45, 7) is 0.967. The van der Waals surface area contributed by atoms with Crippen molar-refractivity contribution in [3.63, 3.8) is 0 Å². The smallest absolute Gasteiger partial charge is 0.196 e. The van der Waals surface area contributed by atoms with Gasteiger partial charge in [0.05, 0.1) is 16.8 Å². The molecule has 128 valence electrons. The summed E-state index contributed by atoms with van der Waals surface area (Å²) in [4.78, 5) is 15.1. The van der Waals surface area contributed by atoms with Crippen LogP contribution in [-0.4, -0.2) is 47.9 Å². The van der Waals surface area contributed by atoms with Crippen LogP contribution in [0.5, 0.6) is 11.5 Å². The molecule has 0 saturated carbocycles. The summed E-state index contributed by atoms with van der Waals surface area (Å²) < 4.78 is 11.5. The van der Waals surface area contributed by atoms with Crippen molar-refractivity contribution in [3.05, 3.63) is 35.4 Å². The highest BCUT2D eigenvalue weighted by Crippen LogP contribution is 2.66. The van der Waals surface area contributed by atoms with Crippen molar-refractivity contribution < 1.29 is 14.3 Å². The van der Waals surface area contributed by atoms with Gasteiger partial charge in [-0.3, -0.25) is 4.79 Å². The number of carbonyl (C=O) groups excluding carboxylic acids is 1. The molecule has 1 aromatic carbocycles. The number of ether oxygens (including phenoxy) is 2. The molecule has 2 bridgehead atoms. The van der Waals surface area contributed by atoms with Gasteiger partial charge in [-0.1, -0.05) is 28.1 Å². The van der Waals surface area contributed by atoms with Crippen molar-refractivity contribution in [2.45, 2.75) is 34.7 Å². The average molecular weight is 413 g/mol. The van der Waals surface area contributed by atoms with Crippen LogP contribution >= 0.6 is 28.3 Å². The second kappa shape index (κ2) is 4.99. The van der Waals surface area contributed by atoms with E-state index in [1.807, 2.05) is 6.07 Å². The lowest BCUT2D eigenvalue weighted by Crippen LogP contribution is -2.72. The number of hydrogen-bond donors (Lipinski definition) is 0. The fourth-order valence-electron chi connectivity index (χ4n) is 5.22. The predicted octanol–water partition coefficient (Wildman–Crippen LogP) is 2.65. The topological polar surface area (TPSA) is 38.8 Å². The molecule has 4 aliphatic rings. The highest BCUT2D eigenvalue weighted by molar-refractivity contribution is 9.10. The van der Waals surface area contributed by atoms with E-state index in [1.54, 1.807) is 13.2 Å². The Morgan fingerprint density at radius 2 is 2.21 bits per heavy atom. The molecule has 1 fully saturated rings. The third-order valence-corrected chi connectivity index (χ3v) is 7.78. The number of rotatable bonds is 1. The molecule has 5 rings (SSSR count). The van der Waals surface area contributed by atoms with Crippen LogP contribution in [0.15, 0.2) is 24.3 Å². The van der Waals surface area contributed by atoms with Gasteiger partial charge in [0.1, 0.15) is 0 Å². The number of carbonyl (C=O) groups is 1. The third-order valence-electron chi connectivity index (χ3n) is 6.28. The van der Waals surface area contributed by atoms with E-state index >= 15 is 0 Å². The number of hydrogen-bond acceptors (Lipinski definition) is 4. The van der Waals surface area contributed by atoms with Gasteiger partial charge in [-0.2, -0.15) is 0 Å². The summed E-state index contributed by atoms with van der Waals surface area (Å²) in [6.07, 6.45) is 5.18. The molecule has 1 unspecified atom stereocenters. The molecule has 2 aliphatic carbocycles. The zero-order valence-corrected chi connectivity index (χ0v) is 15.9. The van der Waals surface area contributed by atoms with Crippen LogP contribution in [0.4, 0.5) is 0 Å². The first kappa shape index (κ1) is 16.4. The van der Waals surface area contributed by atoms with Gasteiger partial charge in [-0.15, -0.1) is 12.4 Å². The van der Waals surface area contributed by atoms with Gasteiger partial charge < -0.3 is 14.4 Å². The molecule has 0 radical (unpaired) electrons. The highest BCUT2D eigenvalue weighted by atomic mass is 79.9. The molecule has 2 heterocycles. The highest BCUT2D eigenvalue weighted by Gasteiger charge is 2.71. The van der Waals surface area contributed by atoms with Crippen LogP contribution in [0.3, 0.4) is 0 Å². The first-order valence-corrected chi connectivity index (χ1v) is 8.81. The fourth-order valence-corrected chi connectivity index (χ4v) is 6.47. The summed E-state index contributed by atoms with van der Waals surface area (Å²) in [5.41, 5.74) is 2.16. The largest absolute Gasteiger partial charge is 0.493 e. The summed E-state index contributed by atoms with van der Waals surface area (Å²) in [6, 6.07) is 4.43. The Morgan fingerprint density at radius 3 is 2.96 bits per heavy atom. The van der Waals surface area contributed by atoms with Crippen LogP contribution in [-0.2, 0) is 16.6 Å². The van der Waals surface area contributed by atoms with E-state index in [0.717, 1.165) is 30.9 Å². The molecule has 0 amide bonds. The molecule has 0 N–H and O–H groups in total. The first-order chi connectivity index (χ1) is 11.0. The maximum Gasteiger partial charge on any atom is 0.196 e. The number of methoxy groups -OCH3 is 1. The molecular weight excluding hydrogens is 394 g/mol. The Labute approximate surface area is 155 Å². The Bertz CT molecular complexity index is 782. The van der Waals surface area contributed by atoms with Gasteiger partial charge in [-0.05, 0) is 44.1 Å². The van der Waals surface area contributed by atoms with E-state index in [4.69, 9.17) is 9.47 Å². The van der Waals surface area contributed by atoms with Crippen LogP contribution in [0, 0.1) is 0 Å². The number of nitrogens with zero attached hydrogens (tertiary/aromatic N) is 1. The van der Waals surface area contributed by atoms with Crippen LogP contribution < -0.4 is 9.47 Å². The number of benzene rings is 1. The Balaban J connectivity index is 0.00000146. The Morgan fingerprint density at radius 1 is 1.42 bits per heavy atom. The normalized spacial score (nSPS) is 38.2. The maximum absolute atomic E-state index is 12.7. The summed E-state index contributed by atoms with van der Waals surface area (Å²) >= 11 is 4.06. The van der Waals surface area contributed by atoms with Gasteiger partial charge in [-0.25, -0.2) is 0 Å². The summed E-state index contributed by atoms with van der Waals surface area (Å²) in [5.74, 6) is 1.57. The van der Waals surface area contributed by atoms with Crippen LogP contribution in [0.1, 0.15) is 17.5 Å². The molecule has 4 nitrogen and oxygen atoms in total. The quantitative estimate of drug-likeness (QED) is 0.665. The minimum absolute atomic E-state index is 0. The van der Waals surface area contributed by atoms with Crippen molar-refractivity contribution in [1.82, 2.24) is 4.90 Å². The zero-order valence-electron chi connectivity index (χ0n) is 13.5. The van der Waals surface area contributed by atoms with Crippen molar-refractivity contribution in [3.8, 4) is 11.5 Å². The molecular formula is C18H19BrClNO3. The van der Waals surface area contributed by atoms with Gasteiger partial charge in [0.2, 0.25) is 0 Å². The van der Waals surface area contributed by atoms with E-state index in [0.29, 0.717) is 6.04 Å². The molecule has 1 spiro atoms. The van der Waals surface area contributed by atoms with Gasteiger partial charge in [0.25, 0.3) is 0 Å². The lowest BCUT2D eigenvalue weighted by molar-refractivity contribution is -0.126. The standard InChI is InChI=1S/C18H18BrNO3.ClH/c1-20-8-7-17-14-10-3-4-12(22-2)15(14)23-16(17)11(21)5-6-18(17,19)13(20)9-10;/h3-6,13,16H,7-9H2,1-2H3;1H/t13-,16?,17+,18-;/m1./s1. The van der Waals surface area contributed by atoms with E-state index in [9.17, 15) is 4.79 Å². The minimum atomic E-state index is -0.451. The van der Waals surface area contributed by atoms with Gasteiger partial charge in [0, 0.05) is 11.6 Å². The third kappa shape index (κ3) is 1.57. The number of alkyl halides is 1. The van der Waals surface area contributed by atoms with Gasteiger partial charge >= 0.3 is 0 Å². The number of ketones is 1. The first-order valence-electron chi connectivity index (χ1n) is 8.02. The van der Waals surface area contributed by atoms with E-state index < -0.39 is 6.10 Å². The van der Waals surface area contributed by atoms with E-state index in [1.165, 1.54) is 11.1 Å². The molecule has 1 aromatic rings. The second-order valence-electron chi connectivity index (χ2n) is 7.05. The monoisotopic (exact) mass is 411 g/mol. The molecule has 2 aliphatic heterocycles. The van der Waals surface area contributed by atoms with Gasteiger partial charge in [0.15, 0.2) is 23.4 Å². The average Bonchev–Trinajstić information content (AvgIpc) is 2.90. The molecule has 0 aromatic heterocycles. The van der Waals surface area contributed by atoms with Crippen molar-refractivity contribution in [1.29, 1.82) is 0 Å². The fraction of sp³-hybridized carbons (Fsp3) is 0.500. The van der Waals surface area contributed by atoms with Crippen molar-refractivity contribution in [2.75, 3.05) is 20.7 Å². The zero-order chi connectivity index (χ0) is 16.0. The number of piperidine rings is 1. The maximum atomic E-state index is 12.7. The van der Waals surface area contributed by atoms with Crippen LogP contribution in [0.25, 0.3) is 0 Å². The van der Waals surface area contributed by atoms with Crippen LogP contribution in [0.2, 0.25) is 0 Å². The lowest BCUT2D eigenvalue weighted by Gasteiger charge is -2.60. The summed E-state index contributed by atoms with van der Waals surface area (Å²) in [5, 5.41) is 0. The predicted molar refractivity (Wildman–Crippen MR) is 96.9 cm³/mol. The SMILES string of the molecule is COc1ccc2c3c1OC1C(=O)C=C[C@@]4(Br)[C@@H](C2)N(C)CC[C@]314.Cl. The van der Waals surface area contributed by atoms with E-state index in [-0.39, 0.29) is 27.9 Å². The minimum Gasteiger partial charge on any atom is -0.493 e. The molecule has 24 heavy (non-hydrogen) atoms. The number of likely N-dealkylation sites (N-methyl/N-ethyl adjacent to an activating group) is 1. The van der Waals surface area contributed by atoms with E-state index in [2.05, 4.69) is 40.0 Å². The van der Waals surface area contributed by atoms with Crippen molar-refractivity contribution >= 4 is 34.1 Å². The number of likely N-dealkylation sites (tertiary alicyclic amines) is 1.